The van der Waals surface area contributed by atoms with Crippen LogP contribution in [0.15, 0.2) is 0 Å². The lowest BCUT2D eigenvalue weighted by molar-refractivity contribution is -0.142. The van der Waals surface area contributed by atoms with Crippen LogP contribution in [0.2, 0.25) is 0 Å². The molecule has 2 heterocycles. The quantitative estimate of drug-likeness (QED) is 0.770. The molecule has 4 atom stereocenters. The number of carboxylic acids is 1. The molecule has 0 bridgehead atoms. The molecule has 108 valence electrons. The van der Waals surface area contributed by atoms with Crippen molar-refractivity contribution in [3.05, 3.63) is 0 Å². The molecule has 2 saturated heterocycles. The van der Waals surface area contributed by atoms with Gasteiger partial charge in [0.1, 0.15) is 6.04 Å². The summed E-state index contributed by atoms with van der Waals surface area (Å²) in [5, 5.41) is 18.8. The normalized spacial score (nSPS) is 32.7. The first-order chi connectivity index (χ1) is 8.91. The summed E-state index contributed by atoms with van der Waals surface area (Å²) in [6, 6.07) is -0.905. The minimum atomic E-state index is -0.926. The van der Waals surface area contributed by atoms with Crippen LogP contribution in [-0.2, 0) is 4.79 Å². The summed E-state index contributed by atoms with van der Waals surface area (Å²) in [4.78, 5) is 26.8. The van der Waals surface area contributed by atoms with Gasteiger partial charge < -0.3 is 20.0 Å². The van der Waals surface area contributed by atoms with E-state index in [2.05, 4.69) is 0 Å². The van der Waals surface area contributed by atoms with Crippen molar-refractivity contribution in [1.29, 1.82) is 0 Å². The monoisotopic (exact) mass is 270 g/mol. The second-order valence-electron chi connectivity index (χ2n) is 5.76. The van der Waals surface area contributed by atoms with E-state index in [1.807, 2.05) is 6.92 Å². The summed E-state index contributed by atoms with van der Waals surface area (Å²) in [5.74, 6) is -0.825. The number of hydrogen-bond donors (Lipinski definition) is 2. The highest BCUT2D eigenvalue weighted by Crippen LogP contribution is 2.28. The first kappa shape index (κ1) is 14.1. The van der Waals surface area contributed by atoms with Crippen LogP contribution in [0.25, 0.3) is 0 Å². The number of carbonyl (C=O) groups is 2. The number of carboxylic acid groups (broad SMARTS) is 1. The standard InChI is InChI=1S/C13H22N2O4/c1-8-3-6-15(11(8)12(17)18)13(19)14-5-4-10(7-14)9(2)16/h8-11,16H,3-7H2,1-2H3,(H,17,18). The van der Waals surface area contributed by atoms with Crippen molar-refractivity contribution in [3.8, 4) is 0 Å². The van der Waals surface area contributed by atoms with Gasteiger partial charge in [0.2, 0.25) is 0 Å². The predicted octanol–water partition coefficient (Wildman–Crippen LogP) is 0.604. The van der Waals surface area contributed by atoms with Gasteiger partial charge in [-0.2, -0.15) is 0 Å². The third kappa shape index (κ3) is 2.68. The maximum Gasteiger partial charge on any atom is 0.326 e. The summed E-state index contributed by atoms with van der Waals surface area (Å²) in [5.41, 5.74) is 0. The molecule has 0 aromatic heterocycles. The van der Waals surface area contributed by atoms with E-state index >= 15 is 0 Å². The van der Waals surface area contributed by atoms with Crippen molar-refractivity contribution in [3.63, 3.8) is 0 Å². The lowest BCUT2D eigenvalue weighted by Gasteiger charge is -2.28. The molecule has 0 aliphatic carbocycles. The first-order valence-electron chi connectivity index (χ1n) is 6.88. The van der Waals surface area contributed by atoms with Gasteiger partial charge in [0.15, 0.2) is 0 Å². The van der Waals surface area contributed by atoms with Gasteiger partial charge in [-0.05, 0) is 25.7 Å². The van der Waals surface area contributed by atoms with Crippen LogP contribution >= 0.6 is 0 Å². The van der Waals surface area contributed by atoms with E-state index in [9.17, 15) is 19.8 Å². The lowest BCUT2D eigenvalue weighted by atomic mass is 10.0. The lowest BCUT2D eigenvalue weighted by Crippen LogP contribution is -2.48. The molecule has 0 saturated carbocycles. The van der Waals surface area contributed by atoms with Crippen LogP contribution in [0, 0.1) is 11.8 Å². The summed E-state index contributed by atoms with van der Waals surface area (Å²) in [6.07, 6.45) is 1.09. The van der Waals surface area contributed by atoms with Crippen LogP contribution in [0.3, 0.4) is 0 Å². The van der Waals surface area contributed by atoms with Crippen molar-refractivity contribution < 1.29 is 19.8 Å². The average Bonchev–Trinajstić information content (AvgIpc) is 2.93. The molecule has 0 aromatic rings. The Morgan fingerprint density at radius 2 is 1.95 bits per heavy atom. The molecule has 2 rings (SSSR count). The Labute approximate surface area is 113 Å². The molecule has 2 fully saturated rings. The van der Waals surface area contributed by atoms with E-state index in [1.165, 1.54) is 4.90 Å². The van der Waals surface area contributed by atoms with Gasteiger partial charge in [0.25, 0.3) is 0 Å². The number of urea groups is 1. The third-order valence-electron chi connectivity index (χ3n) is 4.38. The Kier molecular flexibility index (Phi) is 3.99. The fourth-order valence-electron chi connectivity index (χ4n) is 3.07. The molecule has 0 radical (unpaired) electrons. The van der Waals surface area contributed by atoms with Crippen molar-refractivity contribution in [1.82, 2.24) is 9.80 Å². The van der Waals surface area contributed by atoms with Crippen LogP contribution in [0.1, 0.15) is 26.7 Å². The molecule has 2 amide bonds. The molecule has 2 aliphatic heterocycles. The van der Waals surface area contributed by atoms with Crippen LogP contribution < -0.4 is 0 Å². The average molecular weight is 270 g/mol. The molecule has 2 N–H and O–H groups in total. The van der Waals surface area contributed by atoms with Gasteiger partial charge in [-0.1, -0.05) is 6.92 Å². The van der Waals surface area contributed by atoms with E-state index in [4.69, 9.17) is 0 Å². The molecule has 6 nitrogen and oxygen atoms in total. The van der Waals surface area contributed by atoms with Gasteiger partial charge in [-0.15, -0.1) is 0 Å². The highest BCUT2D eigenvalue weighted by Gasteiger charge is 2.42. The van der Waals surface area contributed by atoms with Crippen molar-refractivity contribution in [2.75, 3.05) is 19.6 Å². The molecule has 0 spiro atoms. The summed E-state index contributed by atoms with van der Waals surface area (Å²) in [6.45, 7) is 5.23. The number of rotatable bonds is 2. The maximum atomic E-state index is 12.4. The number of nitrogens with zero attached hydrogens (tertiary/aromatic N) is 2. The Balaban J connectivity index is 2.02. The van der Waals surface area contributed by atoms with E-state index in [-0.39, 0.29) is 17.9 Å². The number of carbonyl (C=O) groups excluding carboxylic acids is 1. The molecule has 2 aliphatic rings. The minimum Gasteiger partial charge on any atom is -0.480 e. The molecular weight excluding hydrogens is 248 g/mol. The van der Waals surface area contributed by atoms with Gasteiger partial charge in [0.05, 0.1) is 6.10 Å². The zero-order chi connectivity index (χ0) is 14.2. The maximum absolute atomic E-state index is 12.4. The topological polar surface area (TPSA) is 81.1 Å². The molecule has 19 heavy (non-hydrogen) atoms. The highest BCUT2D eigenvalue weighted by atomic mass is 16.4. The van der Waals surface area contributed by atoms with Gasteiger partial charge in [0, 0.05) is 25.6 Å². The second-order valence-corrected chi connectivity index (χ2v) is 5.76. The fraction of sp³-hybridized carbons (Fsp3) is 0.846. The Morgan fingerprint density at radius 1 is 1.26 bits per heavy atom. The Morgan fingerprint density at radius 3 is 2.47 bits per heavy atom. The summed E-state index contributed by atoms with van der Waals surface area (Å²) >= 11 is 0. The van der Waals surface area contributed by atoms with Gasteiger partial charge >= 0.3 is 12.0 Å². The minimum absolute atomic E-state index is 0.00313. The molecule has 0 aromatic carbocycles. The number of hydrogen-bond acceptors (Lipinski definition) is 3. The SMILES string of the molecule is CC(O)C1CCN(C(=O)N2CCC(C)C2C(=O)O)C1. The number of amides is 2. The van der Waals surface area contributed by atoms with Crippen LogP contribution in [0.4, 0.5) is 4.79 Å². The van der Waals surface area contributed by atoms with Gasteiger partial charge in [-0.25, -0.2) is 9.59 Å². The van der Waals surface area contributed by atoms with E-state index in [0.29, 0.717) is 19.6 Å². The van der Waals surface area contributed by atoms with Crippen molar-refractivity contribution in [2.24, 2.45) is 11.8 Å². The number of aliphatic hydroxyl groups excluding tert-OH is 1. The number of aliphatic hydroxyl groups is 1. The molecule has 6 heteroatoms. The summed E-state index contributed by atoms with van der Waals surface area (Å²) < 4.78 is 0. The summed E-state index contributed by atoms with van der Waals surface area (Å²) in [7, 11) is 0. The largest absolute Gasteiger partial charge is 0.480 e. The predicted molar refractivity (Wildman–Crippen MR) is 68.7 cm³/mol. The van der Waals surface area contributed by atoms with Crippen molar-refractivity contribution in [2.45, 2.75) is 38.8 Å². The van der Waals surface area contributed by atoms with Gasteiger partial charge in [-0.3, -0.25) is 0 Å². The van der Waals surface area contributed by atoms with E-state index < -0.39 is 18.1 Å². The second kappa shape index (κ2) is 5.36. The van der Waals surface area contributed by atoms with E-state index in [0.717, 1.165) is 12.8 Å². The Hall–Kier alpha value is -1.30. The smallest absolute Gasteiger partial charge is 0.326 e. The van der Waals surface area contributed by atoms with Crippen LogP contribution in [-0.4, -0.2) is 63.8 Å². The zero-order valence-electron chi connectivity index (χ0n) is 11.5. The molecular formula is C13H22N2O4. The van der Waals surface area contributed by atoms with Crippen molar-refractivity contribution >= 4 is 12.0 Å². The van der Waals surface area contributed by atoms with Crippen LogP contribution in [0.5, 0.6) is 0 Å². The third-order valence-corrected chi connectivity index (χ3v) is 4.38. The van der Waals surface area contributed by atoms with E-state index in [1.54, 1.807) is 11.8 Å². The number of likely N-dealkylation sites (tertiary alicyclic amines) is 2. The first-order valence-corrected chi connectivity index (χ1v) is 6.88. The molecule has 4 unspecified atom stereocenters. The number of aliphatic carboxylic acids is 1. The zero-order valence-corrected chi connectivity index (χ0v) is 11.5. The fourth-order valence-corrected chi connectivity index (χ4v) is 3.07. The highest BCUT2D eigenvalue weighted by molar-refractivity contribution is 5.83. The Bertz CT molecular complexity index is 372.